The Labute approximate surface area is 291 Å². The molecule has 2 amide bonds. The van der Waals surface area contributed by atoms with Crippen LogP contribution in [0.3, 0.4) is 0 Å². The number of unbranched alkanes of at least 4 members (excludes halogenated alkanes) is 3. The number of likely N-dealkylation sites (tertiary alicyclic amines) is 1. The molecule has 2 rings (SSSR count). The monoisotopic (exact) mass is 694 g/mol. The van der Waals surface area contributed by atoms with E-state index in [1.54, 1.807) is 5.38 Å². The first-order valence-corrected chi connectivity index (χ1v) is 21.8. The smallest absolute Gasteiger partial charge is 0.357 e. The molecule has 0 aliphatic carbocycles. The molecule has 11 heteroatoms. The summed E-state index contributed by atoms with van der Waals surface area (Å²) in [5.74, 6) is -0.431. The number of hydrogen-bond acceptors (Lipinski definition) is 8. The van der Waals surface area contributed by atoms with Crippen molar-refractivity contribution >= 4 is 37.4 Å². The molecule has 270 valence electrons. The van der Waals surface area contributed by atoms with Crippen LogP contribution in [0.1, 0.15) is 135 Å². The summed E-state index contributed by atoms with van der Waals surface area (Å²) in [5.41, 5.74) is 0.275. The number of ether oxygens (including phenoxy) is 1. The molecule has 1 aromatic rings. The summed E-state index contributed by atoms with van der Waals surface area (Å²) in [6.07, 6.45) is 8.00. The van der Waals surface area contributed by atoms with Gasteiger partial charge in [0.25, 0.3) is 0 Å². The van der Waals surface area contributed by atoms with Crippen molar-refractivity contribution in [2.24, 2.45) is 11.8 Å². The van der Waals surface area contributed by atoms with E-state index in [4.69, 9.17) is 14.1 Å². The lowest BCUT2D eigenvalue weighted by molar-refractivity contribution is -0.142. The van der Waals surface area contributed by atoms with E-state index in [2.05, 4.69) is 83.6 Å². The first kappa shape index (κ1) is 41.3. The Balaban J connectivity index is 2.55. The molecule has 9 nitrogen and oxygen atoms in total. The number of carbonyl (C=O) groups is 3. The van der Waals surface area contributed by atoms with E-state index in [-0.39, 0.29) is 46.5 Å². The maximum absolute atomic E-state index is 14.8. The maximum Gasteiger partial charge on any atom is 0.357 e. The summed E-state index contributed by atoms with van der Waals surface area (Å²) in [5, 5.41) is 5.67. The highest BCUT2D eigenvalue weighted by atomic mass is 32.1. The van der Waals surface area contributed by atoms with Crippen LogP contribution in [0.5, 0.6) is 0 Å². The summed E-state index contributed by atoms with van der Waals surface area (Å²) in [6, 6.07) is -0.982. The van der Waals surface area contributed by atoms with Crippen LogP contribution in [0.2, 0.25) is 18.1 Å². The van der Waals surface area contributed by atoms with Gasteiger partial charge in [-0.25, -0.2) is 9.78 Å². The lowest BCUT2D eigenvalue weighted by atomic mass is 9.91. The largest absolute Gasteiger partial charge is 0.464 e. The fourth-order valence-corrected chi connectivity index (χ4v) is 8.20. The fourth-order valence-electron chi connectivity index (χ4n) is 6.01. The number of nitrogens with one attached hydrogen (secondary N) is 1. The highest BCUT2D eigenvalue weighted by molar-refractivity contribution is 7.09. The standard InChI is InChI=1S/C36H66N4O5SSi/c1-13-15-16-18-22-40(34(42)31(26(5)14-2)38-32(41)28-20-17-19-21-39(28)9)29(25(3)4)23-30(45-47(11,12)36(6,7)8)33-37-27(24-46-33)35(43)44-10/h24-26,28-31H,13-23H2,1-12H3,(H,38,41)/t26?,28-,29?,30?,31?/m1/s1. The minimum absolute atomic E-state index is 0.0122. The number of esters is 1. The van der Waals surface area contributed by atoms with E-state index >= 15 is 0 Å². The van der Waals surface area contributed by atoms with Crippen LogP contribution in [-0.2, 0) is 18.8 Å². The van der Waals surface area contributed by atoms with Gasteiger partial charge in [0.2, 0.25) is 11.8 Å². The van der Waals surface area contributed by atoms with E-state index in [0.29, 0.717) is 13.0 Å². The Morgan fingerprint density at radius 2 is 1.81 bits per heavy atom. The zero-order chi connectivity index (χ0) is 35.5. The van der Waals surface area contributed by atoms with Gasteiger partial charge in [0.15, 0.2) is 14.0 Å². The van der Waals surface area contributed by atoms with Crippen molar-refractivity contribution < 1.29 is 23.5 Å². The van der Waals surface area contributed by atoms with Crippen LogP contribution in [-0.4, -0.2) is 86.3 Å². The topological polar surface area (TPSA) is 101 Å². The van der Waals surface area contributed by atoms with E-state index < -0.39 is 26.4 Å². The van der Waals surface area contributed by atoms with E-state index in [0.717, 1.165) is 62.9 Å². The van der Waals surface area contributed by atoms with Crippen molar-refractivity contribution in [3.63, 3.8) is 0 Å². The Kier molecular flexibility index (Phi) is 16.5. The first-order chi connectivity index (χ1) is 22.0. The maximum atomic E-state index is 14.8. The lowest BCUT2D eigenvalue weighted by Gasteiger charge is -2.43. The van der Waals surface area contributed by atoms with Gasteiger partial charge < -0.3 is 19.4 Å². The average Bonchev–Trinajstić information content (AvgIpc) is 3.51. The number of thiazole rings is 1. The molecule has 1 fully saturated rings. The van der Waals surface area contributed by atoms with E-state index in [9.17, 15) is 14.4 Å². The third-order valence-electron chi connectivity index (χ3n) is 10.4. The number of nitrogens with zero attached hydrogens (tertiary/aromatic N) is 3. The molecule has 1 saturated heterocycles. The van der Waals surface area contributed by atoms with E-state index in [1.165, 1.54) is 18.4 Å². The SMILES string of the molecule is CCCCCCN(C(=O)C(NC(=O)[C@H]1CCCCN1C)C(C)CC)C(CC(O[Si](C)(C)C(C)(C)C)c1nc(C(=O)OC)cs1)C(C)C. The summed E-state index contributed by atoms with van der Waals surface area (Å²) < 4.78 is 12.0. The first-order valence-electron chi connectivity index (χ1n) is 18.0. The normalized spacial score (nSPS) is 18.8. The van der Waals surface area contributed by atoms with Crippen molar-refractivity contribution in [3.8, 4) is 0 Å². The van der Waals surface area contributed by atoms with Crippen molar-refractivity contribution in [3.05, 3.63) is 16.1 Å². The van der Waals surface area contributed by atoms with Gasteiger partial charge >= 0.3 is 5.97 Å². The van der Waals surface area contributed by atoms with Gasteiger partial charge in [-0.2, -0.15) is 0 Å². The quantitative estimate of drug-likeness (QED) is 0.0950. The Morgan fingerprint density at radius 3 is 2.36 bits per heavy atom. The van der Waals surface area contributed by atoms with Gasteiger partial charge in [0.1, 0.15) is 11.0 Å². The summed E-state index contributed by atoms with van der Waals surface area (Å²) in [7, 11) is 1.08. The molecular formula is C36H66N4O5SSi. The highest BCUT2D eigenvalue weighted by Crippen LogP contribution is 2.42. The Bertz CT molecular complexity index is 1140. The van der Waals surface area contributed by atoms with E-state index in [1.807, 2.05) is 7.05 Å². The average molecular weight is 695 g/mol. The Hall–Kier alpha value is -1.82. The predicted molar refractivity (Wildman–Crippen MR) is 195 cm³/mol. The van der Waals surface area contributed by atoms with Crippen LogP contribution in [0, 0.1) is 11.8 Å². The summed E-state index contributed by atoms with van der Waals surface area (Å²) in [6.45, 7) is 23.3. The van der Waals surface area contributed by atoms with Gasteiger partial charge in [0, 0.05) is 18.0 Å². The number of aromatic nitrogens is 1. The molecule has 0 bridgehead atoms. The molecule has 2 heterocycles. The molecule has 47 heavy (non-hydrogen) atoms. The van der Waals surface area contributed by atoms with Crippen molar-refractivity contribution in [1.29, 1.82) is 0 Å². The van der Waals surface area contributed by atoms with Crippen LogP contribution in [0.25, 0.3) is 0 Å². The number of rotatable bonds is 18. The molecule has 1 N–H and O–H groups in total. The lowest BCUT2D eigenvalue weighted by Crippen LogP contribution is -2.59. The second-order valence-corrected chi connectivity index (χ2v) is 21.1. The minimum atomic E-state index is -2.28. The number of methoxy groups -OCH3 is 1. The number of likely N-dealkylation sites (N-methyl/N-ethyl adjacent to an activating group) is 1. The predicted octanol–water partition coefficient (Wildman–Crippen LogP) is 7.83. The molecule has 0 aromatic carbocycles. The van der Waals surface area contributed by atoms with Gasteiger partial charge in [0.05, 0.1) is 19.3 Å². The molecule has 0 radical (unpaired) electrons. The van der Waals surface area contributed by atoms with Gasteiger partial charge in [-0.3, -0.25) is 14.5 Å². The number of hydrogen-bond donors (Lipinski definition) is 1. The van der Waals surface area contributed by atoms with Gasteiger partial charge in [-0.05, 0) is 69.2 Å². The molecule has 1 aromatic heterocycles. The van der Waals surface area contributed by atoms with Crippen molar-refractivity contribution in [2.75, 3.05) is 27.2 Å². The number of amides is 2. The molecule has 0 spiro atoms. The van der Waals surface area contributed by atoms with Crippen LogP contribution in [0.15, 0.2) is 5.38 Å². The van der Waals surface area contributed by atoms with Crippen LogP contribution >= 0.6 is 11.3 Å². The number of carbonyl (C=O) groups excluding carboxylic acids is 3. The second-order valence-electron chi connectivity index (χ2n) is 15.4. The van der Waals surface area contributed by atoms with Gasteiger partial charge in [-0.1, -0.05) is 87.5 Å². The molecule has 4 unspecified atom stereocenters. The Morgan fingerprint density at radius 1 is 1.13 bits per heavy atom. The summed E-state index contributed by atoms with van der Waals surface area (Å²) in [4.78, 5) is 49.8. The van der Waals surface area contributed by atoms with Crippen molar-refractivity contribution in [1.82, 2.24) is 20.1 Å². The zero-order valence-corrected chi connectivity index (χ0v) is 33.4. The molecule has 1 aliphatic rings. The fraction of sp³-hybridized carbons (Fsp3) is 0.833. The second kappa shape index (κ2) is 18.8. The third kappa shape index (κ3) is 11.6. The minimum Gasteiger partial charge on any atom is -0.464 e. The molecular weight excluding hydrogens is 629 g/mol. The third-order valence-corrected chi connectivity index (χ3v) is 15.9. The van der Waals surface area contributed by atoms with Crippen molar-refractivity contribution in [2.45, 2.75) is 156 Å². The zero-order valence-electron chi connectivity index (χ0n) is 31.6. The number of piperidine rings is 1. The van der Waals surface area contributed by atoms with Crippen LogP contribution < -0.4 is 5.32 Å². The highest BCUT2D eigenvalue weighted by Gasteiger charge is 2.43. The van der Waals surface area contributed by atoms with Gasteiger partial charge in [-0.15, -0.1) is 11.3 Å². The molecule has 5 atom stereocenters. The molecule has 0 saturated carbocycles. The molecule has 1 aliphatic heterocycles. The summed E-state index contributed by atoms with van der Waals surface area (Å²) >= 11 is 1.41. The van der Waals surface area contributed by atoms with Crippen LogP contribution in [0.4, 0.5) is 0 Å².